The first-order valence-corrected chi connectivity index (χ1v) is 10.1. The van der Waals surface area contributed by atoms with Crippen molar-refractivity contribution in [2.45, 2.75) is 13.0 Å². The molecule has 1 fully saturated rings. The molecule has 2 amide bonds. The molecule has 2 aliphatic rings. The van der Waals surface area contributed by atoms with Crippen LogP contribution in [0, 0.1) is 0 Å². The van der Waals surface area contributed by atoms with E-state index < -0.39 is 23.8 Å². The summed E-state index contributed by atoms with van der Waals surface area (Å²) in [6.07, 6.45) is 0. The summed E-state index contributed by atoms with van der Waals surface area (Å²) in [5.74, 6) is -2.09. The molecule has 1 unspecified atom stereocenters. The predicted molar refractivity (Wildman–Crippen MR) is 117 cm³/mol. The molecule has 2 aliphatic heterocycles. The van der Waals surface area contributed by atoms with Crippen LogP contribution in [0.5, 0.6) is 0 Å². The average molecular weight is 445 g/mol. The zero-order valence-electron chi connectivity index (χ0n) is 15.0. The summed E-state index contributed by atoms with van der Waals surface area (Å²) >= 11 is 12.3. The zero-order valence-corrected chi connectivity index (χ0v) is 17.3. The number of thioether (sulfide) groups is 1. The first kappa shape index (κ1) is 19.6. The van der Waals surface area contributed by atoms with E-state index in [9.17, 15) is 19.5 Å². The number of carbonyl (C=O) groups is 3. The molecule has 2 aromatic rings. The number of carboxylic acids is 1. The van der Waals surface area contributed by atoms with Crippen LogP contribution in [-0.2, 0) is 14.4 Å². The van der Waals surface area contributed by atoms with Crippen molar-refractivity contribution in [1.29, 1.82) is 0 Å². The van der Waals surface area contributed by atoms with Gasteiger partial charge in [-0.15, -0.1) is 0 Å². The van der Waals surface area contributed by atoms with E-state index in [1.54, 1.807) is 48.5 Å². The van der Waals surface area contributed by atoms with Crippen molar-refractivity contribution in [1.82, 2.24) is 0 Å². The highest BCUT2D eigenvalue weighted by Gasteiger charge is 2.44. The minimum Gasteiger partial charge on any atom is -0.480 e. The molecule has 146 valence electrons. The fourth-order valence-corrected chi connectivity index (χ4v) is 4.78. The highest BCUT2D eigenvalue weighted by atomic mass is 35.5. The monoisotopic (exact) mass is 444 g/mol. The van der Waals surface area contributed by atoms with Gasteiger partial charge < -0.3 is 5.11 Å². The molecular formula is C20H13ClN2O4S2. The number of hydrogen-bond donors (Lipinski definition) is 1. The molecule has 1 saturated heterocycles. The van der Waals surface area contributed by atoms with Gasteiger partial charge in [0.1, 0.15) is 6.04 Å². The Morgan fingerprint density at radius 1 is 1.10 bits per heavy atom. The van der Waals surface area contributed by atoms with Crippen molar-refractivity contribution in [3.8, 4) is 0 Å². The highest BCUT2D eigenvalue weighted by Crippen LogP contribution is 2.46. The highest BCUT2D eigenvalue weighted by molar-refractivity contribution is 8.27. The van der Waals surface area contributed by atoms with Crippen molar-refractivity contribution in [2.24, 2.45) is 0 Å². The lowest BCUT2D eigenvalue weighted by atomic mass is 10.1. The molecule has 9 heteroatoms. The summed E-state index contributed by atoms with van der Waals surface area (Å²) in [7, 11) is 0. The van der Waals surface area contributed by atoms with Crippen LogP contribution in [-0.4, -0.2) is 33.3 Å². The lowest BCUT2D eigenvalue weighted by Crippen LogP contribution is -2.41. The summed E-state index contributed by atoms with van der Waals surface area (Å²) in [6, 6.07) is 12.4. The average Bonchev–Trinajstić information content (AvgIpc) is 3.14. The van der Waals surface area contributed by atoms with Gasteiger partial charge in [-0.2, -0.15) is 0 Å². The lowest BCUT2D eigenvalue weighted by molar-refractivity contribution is -0.139. The summed E-state index contributed by atoms with van der Waals surface area (Å²) < 4.78 is 0.287. The van der Waals surface area contributed by atoms with Gasteiger partial charge in [0.05, 0.1) is 21.9 Å². The molecule has 1 atom stereocenters. The Kier molecular flexibility index (Phi) is 4.94. The lowest BCUT2D eigenvalue weighted by Gasteiger charge is -2.21. The molecule has 2 heterocycles. The summed E-state index contributed by atoms with van der Waals surface area (Å²) in [5, 5.41) is 9.95. The molecule has 0 aliphatic carbocycles. The van der Waals surface area contributed by atoms with Crippen LogP contribution in [0.15, 0.2) is 53.4 Å². The number of halogens is 1. The summed E-state index contributed by atoms with van der Waals surface area (Å²) in [4.78, 5) is 40.6. The number of anilines is 2. The smallest absolute Gasteiger partial charge is 0.326 e. The van der Waals surface area contributed by atoms with Crippen molar-refractivity contribution >= 4 is 74.6 Å². The molecule has 4 rings (SSSR count). The molecule has 0 radical (unpaired) electrons. The second-order valence-electron chi connectivity index (χ2n) is 6.40. The number of thiocarbonyl (C=S) groups is 1. The molecule has 0 aromatic heterocycles. The molecular weight excluding hydrogens is 432 g/mol. The normalized spacial score (nSPS) is 19.7. The molecule has 29 heavy (non-hydrogen) atoms. The first-order valence-electron chi connectivity index (χ1n) is 8.53. The Bertz CT molecular complexity index is 1110. The second-order valence-corrected chi connectivity index (χ2v) is 8.48. The Hall–Kier alpha value is -2.68. The van der Waals surface area contributed by atoms with Gasteiger partial charge in [0.15, 0.2) is 4.32 Å². The van der Waals surface area contributed by atoms with Gasteiger partial charge in [-0.1, -0.05) is 53.8 Å². The van der Waals surface area contributed by atoms with Crippen molar-refractivity contribution in [2.75, 3.05) is 9.80 Å². The Morgan fingerprint density at radius 2 is 1.76 bits per heavy atom. The predicted octanol–water partition coefficient (Wildman–Crippen LogP) is 3.94. The molecule has 0 spiro atoms. The van der Waals surface area contributed by atoms with Crippen LogP contribution < -0.4 is 9.80 Å². The van der Waals surface area contributed by atoms with Crippen LogP contribution >= 0.6 is 35.6 Å². The van der Waals surface area contributed by atoms with Gasteiger partial charge in [-0.3, -0.25) is 19.4 Å². The topological polar surface area (TPSA) is 77.9 Å². The van der Waals surface area contributed by atoms with Crippen LogP contribution in [0.1, 0.15) is 12.5 Å². The molecule has 6 nitrogen and oxygen atoms in total. The molecule has 0 saturated carbocycles. The third-order valence-corrected chi connectivity index (χ3v) is 6.32. The third kappa shape index (κ3) is 3.13. The Morgan fingerprint density at radius 3 is 2.41 bits per heavy atom. The fraction of sp³-hybridized carbons (Fsp3) is 0.100. The van der Waals surface area contributed by atoms with Gasteiger partial charge in [0.25, 0.3) is 11.8 Å². The maximum atomic E-state index is 13.2. The number of carbonyl (C=O) groups excluding carboxylic acids is 2. The third-order valence-electron chi connectivity index (χ3n) is 4.69. The number of amides is 2. The molecule has 0 bridgehead atoms. The first-order chi connectivity index (χ1) is 13.8. The number of benzene rings is 2. The minimum atomic E-state index is -1.14. The molecule has 2 aromatic carbocycles. The van der Waals surface area contributed by atoms with Crippen LogP contribution in [0.2, 0.25) is 5.02 Å². The quantitative estimate of drug-likeness (QED) is 0.570. The minimum absolute atomic E-state index is 0.169. The largest absolute Gasteiger partial charge is 0.480 e. The van der Waals surface area contributed by atoms with Gasteiger partial charge in [-0.05, 0) is 37.3 Å². The fourth-order valence-electron chi connectivity index (χ4n) is 3.29. The maximum absolute atomic E-state index is 13.2. The number of aliphatic carboxylic acids is 1. The number of para-hydroxylation sites is 1. The van der Waals surface area contributed by atoms with E-state index in [0.29, 0.717) is 22.0 Å². The van der Waals surface area contributed by atoms with Gasteiger partial charge in [0, 0.05) is 10.6 Å². The van der Waals surface area contributed by atoms with Gasteiger partial charge in [-0.25, -0.2) is 4.79 Å². The second kappa shape index (κ2) is 7.29. The van der Waals surface area contributed by atoms with Crippen LogP contribution in [0.25, 0.3) is 5.57 Å². The van der Waals surface area contributed by atoms with E-state index in [1.165, 1.54) is 16.7 Å². The van der Waals surface area contributed by atoms with E-state index >= 15 is 0 Å². The van der Waals surface area contributed by atoms with E-state index in [-0.39, 0.29) is 14.8 Å². The number of fused-ring (bicyclic) bond motifs is 1. The Balaban J connectivity index is 1.84. The standard InChI is InChI=1S/C20H13ClN2O4S2/c1-10(19(26)27)22-14-5-3-2-4-13(14)15(17(22)24)16-18(25)23(20(28)29-16)12-8-6-11(21)7-9-12/h2-10H,1H3,(H,26,27). The SMILES string of the molecule is CC(C(=O)O)N1C(=O)C(=C2SC(=S)N(c3ccc(Cl)cc3)C2=O)c2ccccc21. The number of nitrogens with zero attached hydrogens (tertiary/aromatic N) is 2. The maximum Gasteiger partial charge on any atom is 0.326 e. The van der Waals surface area contributed by atoms with Crippen LogP contribution in [0.4, 0.5) is 11.4 Å². The van der Waals surface area contributed by atoms with Crippen molar-refractivity contribution in [3.05, 3.63) is 64.0 Å². The van der Waals surface area contributed by atoms with E-state index in [0.717, 1.165) is 11.8 Å². The van der Waals surface area contributed by atoms with Gasteiger partial charge in [0.2, 0.25) is 0 Å². The summed E-state index contributed by atoms with van der Waals surface area (Å²) in [5.41, 5.74) is 1.69. The van der Waals surface area contributed by atoms with Gasteiger partial charge >= 0.3 is 5.97 Å². The number of hydrogen-bond acceptors (Lipinski definition) is 5. The number of carboxylic acid groups (broad SMARTS) is 1. The molecule has 1 N–H and O–H groups in total. The van der Waals surface area contributed by atoms with Crippen LogP contribution in [0.3, 0.4) is 0 Å². The van der Waals surface area contributed by atoms with E-state index in [4.69, 9.17) is 23.8 Å². The zero-order chi connectivity index (χ0) is 20.9. The number of rotatable bonds is 3. The van der Waals surface area contributed by atoms with Crippen molar-refractivity contribution in [3.63, 3.8) is 0 Å². The van der Waals surface area contributed by atoms with E-state index in [2.05, 4.69) is 0 Å². The van der Waals surface area contributed by atoms with Crippen molar-refractivity contribution < 1.29 is 19.5 Å². The van der Waals surface area contributed by atoms with E-state index in [1.807, 2.05) is 0 Å². The summed E-state index contributed by atoms with van der Waals surface area (Å²) in [6.45, 7) is 1.43. The Labute approximate surface area is 180 Å².